The molecular formula is C25H25NO4. The number of esters is 1. The number of allylic oxidation sites excluding steroid dienone is 1. The van der Waals surface area contributed by atoms with Gasteiger partial charge in [0.15, 0.2) is 6.61 Å². The Labute approximate surface area is 176 Å². The number of hydrogen-bond acceptors (Lipinski definition) is 4. The maximum absolute atomic E-state index is 13.0. The number of aromatic nitrogens is 1. The van der Waals surface area contributed by atoms with Crippen molar-refractivity contribution < 1.29 is 19.4 Å². The predicted octanol–water partition coefficient (Wildman–Crippen LogP) is 3.95. The van der Waals surface area contributed by atoms with E-state index in [-0.39, 0.29) is 5.78 Å². The van der Waals surface area contributed by atoms with E-state index in [1.165, 1.54) is 0 Å². The Morgan fingerprint density at radius 3 is 2.07 bits per heavy atom. The molecule has 0 unspecified atom stereocenters. The van der Waals surface area contributed by atoms with Crippen LogP contribution in [0, 0.1) is 13.8 Å². The van der Waals surface area contributed by atoms with E-state index >= 15 is 0 Å². The van der Waals surface area contributed by atoms with Gasteiger partial charge in [-0.25, -0.2) is 4.79 Å². The van der Waals surface area contributed by atoms with Crippen LogP contribution in [0.4, 0.5) is 0 Å². The normalized spacial score (nSPS) is 11.2. The molecule has 0 spiro atoms. The van der Waals surface area contributed by atoms with Gasteiger partial charge in [0.1, 0.15) is 0 Å². The predicted molar refractivity (Wildman–Crippen MR) is 115 cm³/mol. The molecule has 0 saturated carbocycles. The van der Waals surface area contributed by atoms with Gasteiger partial charge < -0.3 is 14.4 Å². The summed E-state index contributed by atoms with van der Waals surface area (Å²) < 4.78 is 7.29. The molecule has 5 nitrogen and oxygen atoms in total. The van der Waals surface area contributed by atoms with E-state index in [9.17, 15) is 14.7 Å². The summed E-state index contributed by atoms with van der Waals surface area (Å²) in [4.78, 5) is 25.8. The summed E-state index contributed by atoms with van der Waals surface area (Å²) in [6, 6.07) is 18.9. The number of benzene rings is 2. The monoisotopic (exact) mass is 403 g/mol. The molecule has 1 N–H and O–H groups in total. The van der Waals surface area contributed by atoms with Crippen molar-refractivity contribution in [1.29, 1.82) is 0 Å². The molecule has 0 aliphatic rings. The number of Topliss-reactive ketones (excluding diaryl/α,β-unsaturated/α-hetero) is 1. The number of aliphatic hydroxyl groups is 1. The Balaban J connectivity index is 1.85. The molecule has 3 rings (SSSR count). The van der Waals surface area contributed by atoms with Crippen LogP contribution in [-0.2, 0) is 21.7 Å². The van der Waals surface area contributed by atoms with Gasteiger partial charge in [0, 0.05) is 23.5 Å². The number of hydrogen-bond donors (Lipinski definition) is 1. The fourth-order valence-corrected chi connectivity index (χ4v) is 3.57. The molecule has 0 atom stereocenters. The van der Waals surface area contributed by atoms with Gasteiger partial charge in [-0.05, 0) is 31.0 Å². The van der Waals surface area contributed by atoms with E-state index < -0.39 is 18.2 Å². The Bertz CT molecular complexity index is 1010. The van der Waals surface area contributed by atoms with E-state index in [1.807, 2.05) is 18.4 Å². The first-order valence-corrected chi connectivity index (χ1v) is 9.71. The first kappa shape index (κ1) is 21.3. The summed E-state index contributed by atoms with van der Waals surface area (Å²) in [6.45, 7) is 7.61. The van der Waals surface area contributed by atoms with Crippen molar-refractivity contribution in [3.63, 3.8) is 0 Å². The average molecular weight is 403 g/mol. The number of carbonyl (C=O) groups is 2. The quantitative estimate of drug-likeness (QED) is 0.351. The zero-order valence-corrected chi connectivity index (χ0v) is 17.2. The molecule has 0 amide bonds. The smallest absolute Gasteiger partial charge is 0.348 e. The fourth-order valence-electron chi connectivity index (χ4n) is 3.57. The molecule has 1 aromatic heterocycles. The standard InChI is InChI=1S/C25H25NO4/c1-4-15-26-18(2)16-22(19(26)3)23(27)17-30-24(28)25(29,20-11-7-5-8-12-20)21-13-9-6-10-14-21/h4-14,16,29H,1,15,17H2,2-3H3. The zero-order chi connectivity index (χ0) is 21.7. The SMILES string of the molecule is C=CCn1c(C)cc(C(=O)COC(=O)C(O)(c2ccccc2)c2ccccc2)c1C. The van der Waals surface area contributed by atoms with Gasteiger partial charge in [0.05, 0.1) is 0 Å². The number of ether oxygens (including phenoxy) is 1. The van der Waals surface area contributed by atoms with E-state index in [2.05, 4.69) is 6.58 Å². The summed E-state index contributed by atoms with van der Waals surface area (Å²) in [7, 11) is 0. The maximum atomic E-state index is 13.0. The van der Waals surface area contributed by atoms with Crippen LogP contribution in [0.1, 0.15) is 32.9 Å². The summed E-state index contributed by atoms with van der Waals surface area (Å²) >= 11 is 0. The summed E-state index contributed by atoms with van der Waals surface area (Å²) in [6.07, 6.45) is 1.76. The van der Waals surface area contributed by atoms with Gasteiger partial charge in [0.25, 0.3) is 0 Å². The third kappa shape index (κ3) is 3.98. The van der Waals surface area contributed by atoms with Gasteiger partial charge in [0.2, 0.25) is 11.4 Å². The van der Waals surface area contributed by atoms with Crippen LogP contribution in [0.15, 0.2) is 79.4 Å². The lowest BCUT2D eigenvalue weighted by Gasteiger charge is -2.26. The first-order chi connectivity index (χ1) is 14.4. The molecule has 0 radical (unpaired) electrons. The van der Waals surface area contributed by atoms with Crippen LogP contribution in [0.25, 0.3) is 0 Å². The highest BCUT2D eigenvalue weighted by Gasteiger charge is 2.41. The minimum absolute atomic E-state index is 0.324. The van der Waals surface area contributed by atoms with Gasteiger partial charge in [-0.1, -0.05) is 66.7 Å². The highest BCUT2D eigenvalue weighted by molar-refractivity contribution is 6.00. The van der Waals surface area contributed by atoms with E-state index in [1.54, 1.807) is 72.8 Å². The molecule has 0 aliphatic heterocycles. The number of rotatable bonds is 8. The average Bonchev–Trinajstić information content (AvgIpc) is 3.06. The molecule has 3 aromatic rings. The third-order valence-corrected chi connectivity index (χ3v) is 5.20. The summed E-state index contributed by atoms with van der Waals surface area (Å²) in [5.74, 6) is -1.22. The van der Waals surface area contributed by atoms with Crippen molar-refractivity contribution in [3.8, 4) is 0 Å². The van der Waals surface area contributed by atoms with Crippen LogP contribution in [0.5, 0.6) is 0 Å². The molecular weight excluding hydrogens is 378 g/mol. The largest absolute Gasteiger partial charge is 0.455 e. The fraction of sp³-hybridized carbons (Fsp3) is 0.200. The van der Waals surface area contributed by atoms with Crippen LogP contribution in [0.2, 0.25) is 0 Å². The van der Waals surface area contributed by atoms with Crippen molar-refractivity contribution in [2.24, 2.45) is 0 Å². The first-order valence-electron chi connectivity index (χ1n) is 9.71. The van der Waals surface area contributed by atoms with Gasteiger partial charge >= 0.3 is 5.97 Å². The van der Waals surface area contributed by atoms with E-state index in [0.29, 0.717) is 23.2 Å². The van der Waals surface area contributed by atoms with Crippen molar-refractivity contribution in [2.75, 3.05) is 6.61 Å². The molecule has 0 fully saturated rings. The minimum atomic E-state index is -2.01. The van der Waals surface area contributed by atoms with Gasteiger partial charge in [-0.15, -0.1) is 6.58 Å². The zero-order valence-electron chi connectivity index (χ0n) is 17.2. The highest BCUT2D eigenvalue weighted by atomic mass is 16.6. The van der Waals surface area contributed by atoms with Crippen LogP contribution in [0.3, 0.4) is 0 Å². The Morgan fingerprint density at radius 1 is 1.03 bits per heavy atom. The maximum Gasteiger partial charge on any atom is 0.348 e. The van der Waals surface area contributed by atoms with Gasteiger partial charge in [-0.2, -0.15) is 0 Å². The molecule has 2 aromatic carbocycles. The van der Waals surface area contributed by atoms with Crippen LogP contribution >= 0.6 is 0 Å². The molecule has 5 heteroatoms. The Morgan fingerprint density at radius 2 is 1.57 bits per heavy atom. The molecule has 30 heavy (non-hydrogen) atoms. The Hall–Kier alpha value is -3.44. The lowest BCUT2D eigenvalue weighted by atomic mass is 9.86. The second kappa shape index (κ2) is 8.93. The lowest BCUT2D eigenvalue weighted by Crippen LogP contribution is -2.39. The summed E-state index contributed by atoms with van der Waals surface area (Å²) in [5.41, 5.74) is 0.936. The van der Waals surface area contributed by atoms with Crippen LogP contribution < -0.4 is 0 Å². The molecule has 0 bridgehead atoms. The number of carbonyl (C=O) groups excluding carboxylic acids is 2. The topological polar surface area (TPSA) is 68.5 Å². The van der Waals surface area contributed by atoms with Crippen molar-refractivity contribution >= 4 is 11.8 Å². The van der Waals surface area contributed by atoms with Crippen molar-refractivity contribution in [3.05, 3.63) is 107 Å². The van der Waals surface area contributed by atoms with Gasteiger partial charge in [-0.3, -0.25) is 4.79 Å². The Kier molecular flexibility index (Phi) is 6.33. The molecule has 0 saturated heterocycles. The number of nitrogens with zero attached hydrogens (tertiary/aromatic N) is 1. The highest BCUT2D eigenvalue weighted by Crippen LogP contribution is 2.31. The van der Waals surface area contributed by atoms with E-state index in [4.69, 9.17) is 4.74 Å². The van der Waals surface area contributed by atoms with Crippen molar-refractivity contribution in [1.82, 2.24) is 4.57 Å². The number of aryl methyl sites for hydroxylation is 1. The molecule has 154 valence electrons. The second-order valence-electron chi connectivity index (χ2n) is 7.13. The molecule has 1 heterocycles. The van der Waals surface area contributed by atoms with Crippen molar-refractivity contribution in [2.45, 2.75) is 26.0 Å². The van der Waals surface area contributed by atoms with E-state index in [0.717, 1.165) is 11.4 Å². The lowest BCUT2D eigenvalue weighted by molar-refractivity contribution is -0.160. The number of ketones is 1. The minimum Gasteiger partial charge on any atom is -0.455 e. The summed E-state index contributed by atoms with van der Waals surface area (Å²) in [5, 5.41) is 11.4. The van der Waals surface area contributed by atoms with Crippen LogP contribution in [-0.4, -0.2) is 28.0 Å². The molecule has 0 aliphatic carbocycles. The third-order valence-electron chi connectivity index (χ3n) is 5.20. The second-order valence-corrected chi connectivity index (χ2v) is 7.13.